The zero-order chi connectivity index (χ0) is 11.8. The zero-order valence-electron chi connectivity index (χ0n) is 8.59. The van der Waals surface area contributed by atoms with E-state index in [4.69, 9.17) is 11.6 Å². The highest BCUT2D eigenvalue weighted by Gasteiger charge is 2.37. The number of alkyl halides is 2. The summed E-state index contributed by atoms with van der Waals surface area (Å²) in [5.41, 5.74) is -0.237. The fourth-order valence-corrected chi connectivity index (χ4v) is 1.37. The van der Waals surface area contributed by atoms with Crippen molar-refractivity contribution in [3.8, 4) is 0 Å². The minimum Gasteiger partial charge on any atom is -0.286 e. The summed E-state index contributed by atoms with van der Waals surface area (Å²) < 4.78 is 26.9. The molecule has 0 saturated carbocycles. The average molecular weight is 237 g/mol. The lowest BCUT2D eigenvalue weighted by Crippen LogP contribution is -2.28. The molecule has 0 aliphatic carbocycles. The Labute approximate surface area is 91.0 Å². The van der Waals surface area contributed by atoms with E-state index in [1.54, 1.807) is 13.8 Å². The summed E-state index contributed by atoms with van der Waals surface area (Å²) in [6.07, 6.45) is 1.19. The summed E-state index contributed by atoms with van der Waals surface area (Å²) in [6.45, 7) is 4.01. The molecule has 0 spiro atoms. The Balaban J connectivity index is 3.24. The van der Waals surface area contributed by atoms with Gasteiger partial charge in [0.1, 0.15) is 5.69 Å². The van der Waals surface area contributed by atoms with E-state index < -0.39 is 11.7 Å². The second-order valence-corrected chi connectivity index (χ2v) is 4.00. The standard InChI is InChI=1S/C9H11ClF2N2O/c1-5(2)14-7(6(10)4-13-14)8(15)9(3,11)12/h4-5H,1-3H3. The normalized spacial score (nSPS) is 12.2. The second kappa shape index (κ2) is 3.89. The molecule has 0 aliphatic heterocycles. The first-order valence-electron chi connectivity index (χ1n) is 4.40. The second-order valence-electron chi connectivity index (χ2n) is 3.60. The molecule has 15 heavy (non-hydrogen) atoms. The van der Waals surface area contributed by atoms with Gasteiger partial charge in [-0.1, -0.05) is 11.6 Å². The molecule has 3 nitrogen and oxygen atoms in total. The molecule has 1 rings (SSSR count). The van der Waals surface area contributed by atoms with Crippen molar-refractivity contribution >= 4 is 17.4 Å². The van der Waals surface area contributed by atoms with E-state index in [1.807, 2.05) is 0 Å². The highest BCUT2D eigenvalue weighted by molar-refractivity contribution is 6.33. The number of carbonyl (C=O) groups is 1. The predicted molar refractivity (Wildman–Crippen MR) is 52.6 cm³/mol. The van der Waals surface area contributed by atoms with E-state index in [0.717, 1.165) is 0 Å². The molecule has 0 atom stereocenters. The maximum atomic E-state index is 12.9. The van der Waals surface area contributed by atoms with Crippen molar-refractivity contribution in [2.24, 2.45) is 0 Å². The van der Waals surface area contributed by atoms with Gasteiger partial charge in [-0.15, -0.1) is 0 Å². The molecule has 1 aromatic heterocycles. The SMILES string of the molecule is CC(C)n1ncc(Cl)c1C(=O)C(C)(F)F. The fourth-order valence-electron chi connectivity index (χ4n) is 1.15. The van der Waals surface area contributed by atoms with Crippen LogP contribution in [0.5, 0.6) is 0 Å². The molecule has 0 N–H and O–H groups in total. The highest BCUT2D eigenvalue weighted by atomic mass is 35.5. The third kappa shape index (κ3) is 2.34. The quantitative estimate of drug-likeness (QED) is 0.757. The van der Waals surface area contributed by atoms with Gasteiger partial charge < -0.3 is 0 Å². The maximum absolute atomic E-state index is 12.9. The monoisotopic (exact) mass is 236 g/mol. The molecule has 0 bridgehead atoms. The maximum Gasteiger partial charge on any atom is 0.308 e. The lowest BCUT2D eigenvalue weighted by atomic mass is 10.1. The van der Waals surface area contributed by atoms with Crippen molar-refractivity contribution in [1.82, 2.24) is 9.78 Å². The third-order valence-corrected chi connectivity index (χ3v) is 2.13. The molecule has 6 heteroatoms. The summed E-state index contributed by atoms with van der Waals surface area (Å²) >= 11 is 5.65. The minimum absolute atomic E-state index is 0.0461. The Morgan fingerprint density at radius 3 is 2.53 bits per heavy atom. The number of rotatable bonds is 3. The number of nitrogens with zero attached hydrogens (tertiary/aromatic N) is 2. The topological polar surface area (TPSA) is 34.9 Å². The molecule has 0 aliphatic rings. The first-order valence-corrected chi connectivity index (χ1v) is 4.78. The van der Waals surface area contributed by atoms with Gasteiger partial charge in [0.25, 0.3) is 5.78 Å². The lowest BCUT2D eigenvalue weighted by molar-refractivity contribution is 0.0209. The summed E-state index contributed by atoms with van der Waals surface area (Å²) in [7, 11) is 0. The van der Waals surface area contributed by atoms with Crippen LogP contribution < -0.4 is 0 Å². The van der Waals surface area contributed by atoms with E-state index in [2.05, 4.69) is 5.10 Å². The van der Waals surface area contributed by atoms with E-state index in [1.165, 1.54) is 10.9 Å². The Kier molecular flexibility index (Phi) is 3.13. The molecule has 1 aromatic rings. The molecule has 0 saturated heterocycles. The summed E-state index contributed by atoms with van der Waals surface area (Å²) in [5, 5.41) is 3.73. The van der Waals surface area contributed by atoms with Crippen LogP contribution >= 0.6 is 11.6 Å². The number of hydrogen-bond acceptors (Lipinski definition) is 2. The van der Waals surface area contributed by atoms with Crippen LogP contribution in [0.2, 0.25) is 5.02 Å². The van der Waals surface area contributed by atoms with Crippen molar-refractivity contribution in [2.45, 2.75) is 32.7 Å². The van der Waals surface area contributed by atoms with Crippen LogP contribution in [0, 0.1) is 0 Å². The molecule has 0 aromatic carbocycles. The number of Topliss-reactive ketones (excluding diaryl/α,β-unsaturated/α-hetero) is 1. The van der Waals surface area contributed by atoms with Crippen LogP contribution in [0.3, 0.4) is 0 Å². The smallest absolute Gasteiger partial charge is 0.286 e. The molecule has 0 amide bonds. The minimum atomic E-state index is -3.43. The van der Waals surface area contributed by atoms with Gasteiger partial charge in [0.05, 0.1) is 11.2 Å². The van der Waals surface area contributed by atoms with Gasteiger partial charge in [0.15, 0.2) is 0 Å². The van der Waals surface area contributed by atoms with Gasteiger partial charge in [0.2, 0.25) is 0 Å². The molecular weight excluding hydrogens is 226 g/mol. The van der Waals surface area contributed by atoms with E-state index in [9.17, 15) is 13.6 Å². The van der Waals surface area contributed by atoms with Gasteiger partial charge in [-0.05, 0) is 13.8 Å². The number of hydrogen-bond donors (Lipinski definition) is 0. The fraction of sp³-hybridized carbons (Fsp3) is 0.556. The number of halogens is 3. The van der Waals surface area contributed by atoms with Gasteiger partial charge in [-0.25, -0.2) is 0 Å². The largest absolute Gasteiger partial charge is 0.308 e. The molecule has 1 heterocycles. The van der Waals surface area contributed by atoms with Crippen molar-refractivity contribution < 1.29 is 13.6 Å². The van der Waals surface area contributed by atoms with Crippen LogP contribution in [0.4, 0.5) is 8.78 Å². The van der Waals surface area contributed by atoms with Crippen LogP contribution in [0.1, 0.15) is 37.3 Å². The number of carbonyl (C=O) groups excluding carboxylic acids is 1. The molecule has 0 fully saturated rings. The van der Waals surface area contributed by atoms with Crippen molar-refractivity contribution in [3.05, 3.63) is 16.9 Å². The molecule has 0 unspecified atom stereocenters. The Morgan fingerprint density at radius 2 is 2.13 bits per heavy atom. The van der Waals surface area contributed by atoms with Gasteiger partial charge in [0, 0.05) is 13.0 Å². The summed E-state index contributed by atoms with van der Waals surface area (Å²) in [5.74, 6) is -4.74. The molecular formula is C9H11ClF2N2O. The van der Waals surface area contributed by atoms with Crippen molar-refractivity contribution in [1.29, 1.82) is 0 Å². The first kappa shape index (κ1) is 12.1. The van der Waals surface area contributed by atoms with Crippen molar-refractivity contribution in [2.75, 3.05) is 0 Å². The highest BCUT2D eigenvalue weighted by Crippen LogP contribution is 2.26. The average Bonchev–Trinajstić information content (AvgIpc) is 2.44. The Hall–Kier alpha value is -0.970. The predicted octanol–water partition coefficient (Wildman–Crippen LogP) is 2.96. The number of ketones is 1. The van der Waals surface area contributed by atoms with Gasteiger partial charge >= 0.3 is 5.92 Å². The Morgan fingerprint density at radius 1 is 1.60 bits per heavy atom. The number of aromatic nitrogens is 2. The summed E-state index contributed by atoms with van der Waals surface area (Å²) in [6, 6.07) is -0.196. The molecule has 0 radical (unpaired) electrons. The van der Waals surface area contributed by atoms with Crippen LogP contribution in [0.15, 0.2) is 6.20 Å². The van der Waals surface area contributed by atoms with Crippen LogP contribution in [-0.4, -0.2) is 21.5 Å². The zero-order valence-corrected chi connectivity index (χ0v) is 9.35. The summed E-state index contributed by atoms with van der Waals surface area (Å²) in [4.78, 5) is 11.4. The van der Waals surface area contributed by atoms with Crippen molar-refractivity contribution in [3.63, 3.8) is 0 Å². The first-order chi connectivity index (χ1) is 6.75. The van der Waals surface area contributed by atoms with E-state index >= 15 is 0 Å². The van der Waals surface area contributed by atoms with E-state index in [-0.39, 0.29) is 16.8 Å². The Bertz CT molecular complexity index is 382. The van der Waals surface area contributed by atoms with Gasteiger partial charge in [-0.2, -0.15) is 13.9 Å². The van der Waals surface area contributed by atoms with Crippen LogP contribution in [0.25, 0.3) is 0 Å². The molecule has 84 valence electrons. The lowest BCUT2D eigenvalue weighted by Gasteiger charge is -2.13. The van der Waals surface area contributed by atoms with Crippen LogP contribution in [-0.2, 0) is 0 Å². The van der Waals surface area contributed by atoms with Gasteiger partial charge in [-0.3, -0.25) is 9.48 Å². The van der Waals surface area contributed by atoms with E-state index in [0.29, 0.717) is 6.92 Å². The third-order valence-electron chi connectivity index (χ3n) is 1.85.